The van der Waals surface area contributed by atoms with Crippen LogP contribution in [-0.4, -0.2) is 20.9 Å². The van der Waals surface area contributed by atoms with Crippen molar-refractivity contribution in [2.75, 3.05) is 5.32 Å². The molecule has 0 bridgehead atoms. The van der Waals surface area contributed by atoms with Gasteiger partial charge in [0.05, 0.1) is 11.1 Å². The molecule has 3 rings (SSSR count). The summed E-state index contributed by atoms with van der Waals surface area (Å²) < 4.78 is 38.8. The molecular weight excluding hydrogens is 349 g/mol. The van der Waals surface area contributed by atoms with E-state index in [2.05, 4.69) is 20.3 Å². The van der Waals surface area contributed by atoms with Crippen molar-refractivity contribution < 1.29 is 18.0 Å². The molecule has 3 aromatic rings. The second kappa shape index (κ2) is 6.36. The van der Waals surface area contributed by atoms with Gasteiger partial charge in [0.15, 0.2) is 0 Å². The number of carbonyl (C=O) groups is 1. The number of carbonyl (C=O) groups excluding carboxylic acids is 1. The van der Waals surface area contributed by atoms with Gasteiger partial charge in [-0.05, 0) is 12.1 Å². The minimum absolute atomic E-state index is 0. The molecule has 2 heterocycles. The first-order chi connectivity index (χ1) is 10.9. The number of fused-ring (bicyclic) bond motifs is 1. The third-order valence-electron chi connectivity index (χ3n) is 3.19. The third kappa shape index (κ3) is 3.11. The van der Waals surface area contributed by atoms with Crippen LogP contribution in [0.5, 0.6) is 0 Å². The summed E-state index contributed by atoms with van der Waals surface area (Å²) in [5.41, 5.74) is -2.44. The van der Waals surface area contributed by atoms with Gasteiger partial charge in [-0.15, -0.1) is 12.4 Å². The molecule has 126 valence electrons. The molecule has 0 saturated heterocycles. The van der Waals surface area contributed by atoms with Gasteiger partial charge in [0.25, 0.3) is 5.91 Å². The molecule has 1 amide bonds. The van der Waals surface area contributed by atoms with Crippen LogP contribution in [0.1, 0.15) is 15.9 Å². The van der Waals surface area contributed by atoms with E-state index in [0.717, 1.165) is 18.3 Å². The van der Waals surface area contributed by atoms with Crippen molar-refractivity contribution in [2.45, 2.75) is 6.18 Å². The largest absolute Gasteiger partial charge is 0.418 e. The number of rotatable bonds is 2. The van der Waals surface area contributed by atoms with Crippen molar-refractivity contribution in [2.24, 2.45) is 0 Å². The van der Waals surface area contributed by atoms with Crippen LogP contribution in [0.3, 0.4) is 0 Å². The number of para-hydroxylation sites is 1. The summed E-state index contributed by atoms with van der Waals surface area (Å²) in [5.74, 6) is -0.654. The first-order valence-corrected chi connectivity index (χ1v) is 6.40. The van der Waals surface area contributed by atoms with Crippen LogP contribution in [0, 0.1) is 0 Å². The number of anilines is 1. The maximum Gasteiger partial charge on any atom is 0.418 e. The van der Waals surface area contributed by atoms with E-state index < -0.39 is 23.1 Å². The highest BCUT2D eigenvalue weighted by atomic mass is 35.5. The van der Waals surface area contributed by atoms with Crippen molar-refractivity contribution in [3.8, 4) is 0 Å². The molecule has 2 aromatic heterocycles. The number of alkyl halides is 3. The monoisotopic (exact) mass is 358 g/mol. The number of hydrogen-bond acceptors (Lipinski definition) is 3. The van der Waals surface area contributed by atoms with Crippen molar-refractivity contribution in [1.29, 1.82) is 0 Å². The number of pyridine rings is 1. The quantitative estimate of drug-likeness (QED) is 0.657. The van der Waals surface area contributed by atoms with E-state index in [0.29, 0.717) is 0 Å². The van der Waals surface area contributed by atoms with E-state index in [-0.39, 0.29) is 34.8 Å². The summed E-state index contributed by atoms with van der Waals surface area (Å²) in [7, 11) is 0. The number of H-pyrrole nitrogens is 2. The fraction of sp³-hybridized carbons (Fsp3) is 0.0714. The highest BCUT2D eigenvalue weighted by Gasteiger charge is 2.33. The van der Waals surface area contributed by atoms with Crippen molar-refractivity contribution in [1.82, 2.24) is 15.0 Å². The second-order valence-corrected chi connectivity index (χ2v) is 4.65. The molecule has 0 aliphatic rings. The summed E-state index contributed by atoms with van der Waals surface area (Å²) in [6, 6.07) is 3.21. The van der Waals surface area contributed by atoms with Crippen molar-refractivity contribution >= 4 is 35.2 Å². The van der Waals surface area contributed by atoms with E-state index in [1.807, 2.05) is 0 Å². The number of benzene rings is 1. The van der Waals surface area contributed by atoms with E-state index in [9.17, 15) is 22.8 Å². The molecule has 0 spiro atoms. The zero-order valence-electron chi connectivity index (χ0n) is 11.8. The summed E-state index contributed by atoms with van der Waals surface area (Å²) in [6.07, 6.45) is -0.787. The number of amides is 1. The number of nitrogens with zero attached hydrogens (tertiary/aromatic N) is 1. The first-order valence-electron chi connectivity index (χ1n) is 6.40. The average Bonchev–Trinajstić information content (AvgIpc) is 2.99. The topological polar surface area (TPSA) is 90.6 Å². The highest BCUT2D eigenvalue weighted by molar-refractivity contribution is 6.05. The smallest absolute Gasteiger partial charge is 0.360 e. The Morgan fingerprint density at radius 3 is 2.58 bits per heavy atom. The number of halogens is 4. The molecule has 0 unspecified atom stereocenters. The van der Waals surface area contributed by atoms with Crippen LogP contribution in [0.4, 0.5) is 19.1 Å². The van der Waals surface area contributed by atoms with Crippen molar-refractivity contribution in [3.63, 3.8) is 0 Å². The predicted octanol–water partition coefficient (Wildman–Crippen LogP) is 2.94. The molecule has 6 nitrogen and oxygen atoms in total. The van der Waals surface area contributed by atoms with Gasteiger partial charge < -0.3 is 9.97 Å². The van der Waals surface area contributed by atoms with Gasteiger partial charge >= 0.3 is 6.18 Å². The molecule has 0 atom stereocenters. The second-order valence-electron chi connectivity index (χ2n) is 4.65. The van der Waals surface area contributed by atoms with Gasteiger partial charge in [0, 0.05) is 24.0 Å². The standard InChI is InChI=1S/C14H9F3N4O2.ClH/c15-14(16,17)9-3-1-2-7-10(9)20-6-8(11(7)22)12(23)21-13-18-4-5-19-13;/h1-6H,(H,20,22)(H2,18,19,21,23);1H. The molecule has 0 aliphatic carbocycles. The van der Waals surface area contributed by atoms with Gasteiger partial charge in [-0.1, -0.05) is 6.07 Å². The Morgan fingerprint density at radius 1 is 1.21 bits per heavy atom. The fourth-order valence-electron chi connectivity index (χ4n) is 2.17. The molecule has 0 saturated carbocycles. The molecule has 3 N–H and O–H groups in total. The molecule has 24 heavy (non-hydrogen) atoms. The maximum absolute atomic E-state index is 12.9. The Labute approximate surface area is 138 Å². The lowest BCUT2D eigenvalue weighted by molar-refractivity contribution is -0.136. The zero-order chi connectivity index (χ0) is 16.6. The van der Waals surface area contributed by atoms with Gasteiger partial charge in [0.2, 0.25) is 11.4 Å². The Balaban J connectivity index is 0.00000208. The normalized spacial score (nSPS) is 11.1. The number of aromatic amines is 2. The number of imidazole rings is 1. The first kappa shape index (κ1) is 17.5. The molecular formula is C14H10ClF3N4O2. The molecule has 0 fully saturated rings. The molecule has 0 radical (unpaired) electrons. The molecule has 1 aromatic carbocycles. The SMILES string of the molecule is Cl.O=C(Nc1ncc[nH]1)c1c[nH]c2c(C(F)(F)F)cccc2c1=O. The molecule has 10 heteroatoms. The lowest BCUT2D eigenvalue weighted by Crippen LogP contribution is -2.23. The summed E-state index contributed by atoms with van der Waals surface area (Å²) in [6.45, 7) is 0. The number of nitrogens with one attached hydrogen (secondary N) is 3. The number of aromatic nitrogens is 3. The van der Waals surface area contributed by atoms with Gasteiger partial charge in [-0.25, -0.2) is 4.98 Å². The van der Waals surface area contributed by atoms with E-state index in [4.69, 9.17) is 0 Å². The Morgan fingerprint density at radius 2 is 1.96 bits per heavy atom. The van der Waals surface area contributed by atoms with Crippen LogP contribution in [0.2, 0.25) is 0 Å². The summed E-state index contributed by atoms with van der Waals surface area (Å²) in [5, 5.41) is 2.12. The van der Waals surface area contributed by atoms with Crippen LogP contribution in [0.25, 0.3) is 10.9 Å². The van der Waals surface area contributed by atoms with Crippen LogP contribution in [-0.2, 0) is 6.18 Å². The third-order valence-corrected chi connectivity index (χ3v) is 3.19. The van der Waals surface area contributed by atoms with Gasteiger partial charge in [-0.2, -0.15) is 13.2 Å². The summed E-state index contributed by atoms with van der Waals surface area (Å²) >= 11 is 0. The Hall–Kier alpha value is -2.81. The summed E-state index contributed by atoms with van der Waals surface area (Å²) in [4.78, 5) is 33.1. The lowest BCUT2D eigenvalue weighted by Gasteiger charge is -2.10. The highest BCUT2D eigenvalue weighted by Crippen LogP contribution is 2.32. The predicted molar refractivity (Wildman–Crippen MR) is 83.4 cm³/mol. The van der Waals surface area contributed by atoms with E-state index >= 15 is 0 Å². The Kier molecular flexibility index (Phi) is 4.65. The van der Waals surface area contributed by atoms with Gasteiger partial charge in [0.1, 0.15) is 5.56 Å². The maximum atomic E-state index is 12.9. The minimum atomic E-state index is -4.61. The Bertz CT molecular complexity index is 935. The zero-order valence-corrected chi connectivity index (χ0v) is 12.6. The van der Waals surface area contributed by atoms with Crippen LogP contribution in [0.15, 0.2) is 41.6 Å². The van der Waals surface area contributed by atoms with Gasteiger partial charge in [-0.3, -0.25) is 14.9 Å². The fourth-order valence-corrected chi connectivity index (χ4v) is 2.17. The van der Waals surface area contributed by atoms with E-state index in [1.54, 1.807) is 0 Å². The van der Waals surface area contributed by atoms with Crippen molar-refractivity contribution in [3.05, 3.63) is 58.1 Å². The van der Waals surface area contributed by atoms with Crippen LogP contribution >= 0.6 is 12.4 Å². The minimum Gasteiger partial charge on any atom is -0.360 e. The van der Waals surface area contributed by atoms with E-state index in [1.165, 1.54) is 18.5 Å². The average molecular weight is 359 g/mol. The number of hydrogen-bond donors (Lipinski definition) is 3. The molecule has 0 aliphatic heterocycles. The van der Waals surface area contributed by atoms with Crippen LogP contribution < -0.4 is 10.7 Å². The lowest BCUT2D eigenvalue weighted by atomic mass is 10.1.